The van der Waals surface area contributed by atoms with E-state index in [0.717, 1.165) is 0 Å². The summed E-state index contributed by atoms with van der Waals surface area (Å²) in [7, 11) is 0. The van der Waals surface area contributed by atoms with Crippen molar-refractivity contribution in [2.24, 2.45) is 0 Å². The third-order valence-corrected chi connectivity index (χ3v) is 11.1. The molecule has 0 radical (unpaired) electrons. The summed E-state index contributed by atoms with van der Waals surface area (Å²) in [6, 6.07) is 46.2. The van der Waals surface area contributed by atoms with Crippen LogP contribution >= 0.6 is 0 Å². The molecule has 0 aromatic heterocycles. The number of rotatable bonds is 1. The fourth-order valence-electron chi connectivity index (χ4n) is 9.38. The average Bonchev–Trinajstić information content (AvgIpc) is 3.57. The van der Waals surface area contributed by atoms with Crippen molar-refractivity contribution >= 4 is 43.1 Å². The summed E-state index contributed by atoms with van der Waals surface area (Å²) in [6.45, 7) is 14.4. The fourth-order valence-corrected chi connectivity index (χ4v) is 9.38. The Morgan fingerprint density at radius 3 is 1.62 bits per heavy atom. The van der Waals surface area contributed by atoms with Gasteiger partial charge >= 0.3 is 0 Å². The SMILES string of the molecule is CC(C)(C)c1c2c(c(C(C)(C)C)c3cc(-c4ccc5c6c(cccc46)-c4ccccc4-5)ccc13)-c1cc3ccccc3c3cccc-2c13. The minimum Gasteiger partial charge on any atom is -0.0616 e. The van der Waals surface area contributed by atoms with E-state index in [9.17, 15) is 0 Å². The maximum absolute atomic E-state index is 2.53. The Hall–Kier alpha value is -5.20. The minimum absolute atomic E-state index is 0.0579. The van der Waals surface area contributed by atoms with Crippen molar-refractivity contribution in [1.29, 1.82) is 0 Å². The van der Waals surface area contributed by atoms with Gasteiger partial charge in [-0.3, -0.25) is 0 Å². The summed E-state index contributed by atoms with van der Waals surface area (Å²) in [5.41, 5.74) is 16.4. The quantitative estimate of drug-likeness (QED) is 0.161. The Morgan fingerprint density at radius 2 is 0.875 bits per heavy atom. The van der Waals surface area contributed by atoms with E-state index in [2.05, 4.69) is 163 Å². The molecule has 230 valence electrons. The molecular formula is C48H38. The van der Waals surface area contributed by atoms with Gasteiger partial charge in [-0.05, 0) is 133 Å². The number of benzene rings is 8. The van der Waals surface area contributed by atoms with Gasteiger partial charge in [0, 0.05) is 0 Å². The monoisotopic (exact) mass is 614 g/mol. The molecular weight excluding hydrogens is 577 g/mol. The van der Waals surface area contributed by atoms with Gasteiger partial charge in [0.25, 0.3) is 0 Å². The summed E-state index contributed by atoms with van der Waals surface area (Å²) in [5, 5.41) is 10.9. The lowest BCUT2D eigenvalue weighted by Crippen LogP contribution is -2.19. The van der Waals surface area contributed by atoms with E-state index in [1.165, 1.54) is 110 Å². The van der Waals surface area contributed by atoms with Crippen LogP contribution in [-0.4, -0.2) is 0 Å². The Morgan fingerprint density at radius 1 is 0.333 bits per heavy atom. The molecule has 8 aromatic carbocycles. The van der Waals surface area contributed by atoms with Gasteiger partial charge in [0.2, 0.25) is 0 Å². The molecule has 0 N–H and O–H groups in total. The number of hydrogen-bond acceptors (Lipinski definition) is 0. The molecule has 0 heteroatoms. The first-order valence-electron chi connectivity index (χ1n) is 17.4. The van der Waals surface area contributed by atoms with Crippen LogP contribution in [0.2, 0.25) is 0 Å². The first-order valence-corrected chi connectivity index (χ1v) is 17.4. The van der Waals surface area contributed by atoms with E-state index in [4.69, 9.17) is 0 Å². The van der Waals surface area contributed by atoms with Crippen molar-refractivity contribution in [3.63, 3.8) is 0 Å². The van der Waals surface area contributed by atoms with Gasteiger partial charge in [-0.15, -0.1) is 0 Å². The second-order valence-corrected chi connectivity index (χ2v) is 16.1. The molecule has 10 rings (SSSR count). The first kappa shape index (κ1) is 27.9. The second kappa shape index (κ2) is 9.24. The third-order valence-electron chi connectivity index (χ3n) is 11.1. The summed E-state index contributed by atoms with van der Waals surface area (Å²) < 4.78 is 0. The average molecular weight is 615 g/mol. The Balaban J connectivity index is 1.34. The van der Waals surface area contributed by atoms with Crippen LogP contribution in [0, 0.1) is 0 Å². The predicted molar refractivity (Wildman–Crippen MR) is 208 cm³/mol. The Labute approximate surface area is 282 Å². The van der Waals surface area contributed by atoms with Gasteiger partial charge in [-0.1, -0.05) is 151 Å². The van der Waals surface area contributed by atoms with E-state index in [1.54, 1.807) is 0 Å². The second-order valence-electron chi connectivity index (χ2n) is 16.1. The number of fused-ring (bicyclic) bond motifs is 9. The minimum atomic E-state index is -0.0823. The highest BCUT2D eigenvalue weighted by Crippen LogP contribution is 2.58. The zero-order valence-electron chi connectivity index (χ0n) is 28.5. The largest absolute Gasteiger partial charge is 0.0616 e. The van der Waals surface area contributed by atoms with Gasteiger partial charge in [-0.25, -0.2) is 0 Å². The molecule has 0 fully saturated rings. The standard InChI is InChI=1S/C48H38/c1-47(2,3)45-37-22-21-28(30-23-24-36-32-16-10-9-15-31(32)35-19-11-17-34(30)41(35)36)25-39(37)46(48(4,5)6)44-40-26-27-13-7-8-14-29(27)33-18-12-20-38(42(33)40)43(44)45/h7-26H,1-6H3. The molecule has 0 spiro atoms. The number of hydrogen-bond donors (Lipinski definition) is 0. The van der Waals surface area contributed by atoms with E-state index in [-0.39, 0.29) is 10.8 Å². The van der Waals surface area contributed by atoms with Crippen LogP contribution in [0.15, 0.2) is 121 Å². The zero-order chi connectivity index (χ0) is 32.7. The van der Waals surface area contributed by atoms with Crippen LogP contribution in [0.25, 0.3) is 98.7 Å². The highest BCUT2D eigenvalue weighted by molar-refractivity contribution is 6.26. The zero-order valence-corrected chi connectivity index (χ0v) is 28.5. The molecule has 0 unspecified atom stereocenters. The Kier molecular flexibility index (Phi) is 5.36. The fraction of sp³-hybridized carbons (Fsp3) is 0.167. The Bertz CT molecular complexity index is 2690. The van der Waals surface area contributed by atoms with Crippen molar-refractivity contribution in [2.45, 2.75) is 52.4 Å². The summed E-state index contributed by atoms with van der Waals surface area (Å²) in [4.78, 5) is 0. The maximum atomic E-state index is 2.53. The summed E-state index contributed by atoms with van der Waals surface area (Å²) in [6.07, 6.45) is 0. The van der Waals surface area contributed by atoms with Crippen LogP contribution in [0.3, 0.4) is 0 Å². The van der Waals surface area contributed by atoms with E-state index in [0.29, 0.717) is 0 Å². The maximum Gasteiger partial charge on any atom is -0.00197 e. The van der Waals surface area contributed by atoms with Gasteiger partial charge in [-0.2, -0.15) is 0 Å². The highest BCUT2D eigenvalue weighted by atomic mass is 14.4. The third kappa shape index (κ3) is 3.56. The van der Waals surface area contributed by atoms with Crippen LogP contribution in [0.1, 0.15) is 52.7 Å². The van der Waals surface area contributed by atoms with Crippen LogP contribution in [-0.2, 0) is 10.8 Å². The summed E-state index contributed by atoms with van der Waals surface area (Å²) >= 11 is 0. The van der Waals surface area contributed by atoms with Gasteiger partial charge < -0.3 is 0 Å². The lowest BCUT2D eigenvalue weighted by Gasteiger charge is -2.32. The topological polar surface area (TPSA) is 0 Å². The van der Waals surface area contributed by atoms with Crippen LogP contribution in [0.5, 0.6) is 0 Å². The van der Waals surface area contributed by atoms with Gasteiger partial charge in [0.1, 0.15) is 0 Å². The molecule has 2 aliphatic carbocycles. The highest BCUT2D eigenvalue weighted by Gasteiger charge is 2.36. The molecule has 0 nitrogen and oxygen atoms in total. The molecule has 0 heterocycles. The molecule has 0 amide bonds. The molecule has 8 aromatic rings. The van der Waals surface area contributed by atoms with Crippen molar-refractivity contribution in [3.8, 4) is 55.6 Å². The summed E-state index contributed by atoms with van der Waals surface area (Å²) in [5.74, 6) is 0. The molecule has 48 heavy (non-hydrogen) atoms. The van der Waals surface area contributed by atoms with Crippen LogP contribution in [0.4, 0.5) is 0 Å². The first-order chi connectivity index (χ1) is 23.1. The molecule has 0 atom stereocenters. The van der Waals surface area contributed by atoms with Crippen molar-refractivity contribution in [3.05, 3.63) is 132 Å². The van der Waals surface area contributed by atoms with E-state index < -0.39 is 0 Å². The molecule has 0 saturated carbocycles. The lowest BCUT2D eigenvalue weighted by atomic mass is 9.71. The molecule has 0 bridgehead atoms. The van der Waals surface area contributed by atoms with Crippen molar-refractivity contribution < 1.29 is 0 Å². The normalized spacial score (nSPS) is 13.2. The molecule has 0 aliphatic heterocycles. The van der Waals surface area contributed by atoms with Crippen LogP contribution < -0.4 is 0 Å². The van der Waals surface area contributed by atoms with E-state index >= 15 is 0 Å². The van der Waals surface area contributed by atoms with Crippen molar-refractivity contribution in [2.75, 3.05) is 0 Å². The van der Waals surface area contributed by atoms with E-state index in [1.807, 2.05) is 0 Å². The molecule has 2 aliphatic rings. The molecule has 0 saturated heterocycles. The predicted octanol–water partition coefficient (Wildman–Crippen LogP) is 13.9. The smallest absolute Gasteiger partial charge is 0.00197 e. The van der Waals surface area contributed by atoms with Gasteiger partial charge in [0.05, 0.1) is 0 Å². The lowest BCUT2D eigenvalue weighted by molar-refractivity contribution is 0.588. The van der Waals surface area contributed by atoms with Gasteiger partial charge in [0.15, 0.2) is 0 Å². The van der Waals surface area contributed by atoms with Crippen molar-refractivity contribution in [1.82, 2.24) is 0 Å².